The zero-order valence-electron chi connectivity index (χ0n) is 7.52. The number of hydrogen-bond donors (Lipinski definition) is 0. The van der Waals surface area contributed by atoms with Crippen LogP contribution < -0.4 is 0 Å². The van der Waals surface area contributed by atoms with Crippen LogP contribution in [0.5, 0.6) is 0 Å². The summed E-state index contributed by atoms with van der Waals surface area (Å²) in [7, 11) is 0. The van der Waals surface area contributed by atoms with Gasteiger partial charge >= 0.3 is 0 Å². The summed E-state index contributed by atoms with van der Waals surface area (Å²) in [6, 6.07) is 0. The van der Waals surface area contributed by atoms with Crippen molar-refractivity contribution in [3.05, 3.63) is 0 Å². The van der Waals surface area contributed by atoms with Gasteiger partial charge in [0.05, 0.1) is 0 Å². The van der Waals surface area contributed by atoms with Gasteiger partial charge in [-0.2, -0.15) is 0 Å². The Morgan fingerprint density at radius 3 is 1.27 bits per heavy atom. The van der Waals surface area contributed by atoms with Crippen molar-refractivity contribution in [1.82, 2.24) is 0 Å². The minimum atomic E-state index is 1.14. The summed E-state index contributed by atoms with van der Waals surface area (Å²) < 4.78 is 0. The van der Waals surface area contributed by atoms with Crippen molar-refractivity contribution in [3.8, 4) is 0 Å². The van der Waals surface area contributed by atoms with Crippen LogP contribution in [-0.2, 0) is 0 Å². The highest BCUT2D eigenvalue weighted by Crippen LogP contribution is 2.38. The Morgan fingerprint density at radius 2 is 0.818 bits per heavy atom. The maximum atomic E-state index is 1.56. The third-order valence-electron chi connectivity index (χ3n) is 3.72. The van der Waals surface area contributed by atoms with E-state index in [4.69, 9.17) is 0 Å². The molecule has 0 aliphatic heterocycles. The molecule has 0 saturated heterocycles. The van der Waals surface area contributed by atoms with Crippen LogP contribution in [0.1, 0.15) is 57.8 Å². The van der Waals surface area contributed by atoms with E-state index in [9.17, 15) is 0 Å². The highest BCUT2D eigenvalue weighted by atomic mass is 14.3. The van der Waals surface area contributed by atoms with E-state index in [1.807, 2.05) is 0 Å². The predicted molar refractivity (Wildman–Crippen MR) is 48.5 cm³/mol. The highest BCUT2D eigenvalue weighted by molar-refractivity contribution is 4.77. The van der Waals surface area contributed by atoms with Gasteiger partial charge in [0.15, 0.2) is 0 Å². The lowest BCUT2D eigenvalue weighted by molar-refractivity contribution is 0.224. The molecule has 0 amide bonds. The summed E-state index contributed by atoms with van der Waals surface area (Å²) in [4.78, 5) is 0. The van der Waals surface area contributed by atoms with Crippen molar-refractivity contribution in [2.24, 2.45) is 11.8 Å². The minimum Gasteiger partial charge on any atom is -0.0533 e. The smallest absolute Gasteiger partial charge is 0.0386 e. The Hall–Kier alpha value is 0. The van der Waals surface area contributed by atoms with E-state index in [0.29, 0.717) is 0 Å². The number of hydrogen-bond acceptors (Lipinski definition) is 0. The second kappa shape index (κ2) is 3.60. The molecule has 0 aromatic carbocycles. The predicted octanol–water partition coefficient (Wildman–Crippen LogP) is 3.76. The van der Waals surface area contributed by atoms with Gasteiger partial charge in [-0.25, -0.2) is 0 Å². The Morgan fingerprint density at radius 1 is 0.455 bits per heavy atom. The van der Waals surface area contributed by atoms with Crippen LogP contribution in [0.2, 0.25) is 0 Å². The molecule has 2 aliphatic carbocycles. The fraction of sp³-hybridized carbons (Fsp3) is 1.00. The molecule has 0 radical (unpaired) electrons. The summed E-state index contributed by atoms with van der Waals surface area (Å²) in [5, 5.41) is 0. The van der Waals surface area contributed by atoms with Crippen LogP contribution in [0.4, 0.5) is 0 Å². The molecule has 0 nitrogen and oxygen atoms in total. The Labute approximate surface area is 70.4 Å². The lowest BCUT2D eigenvalue weighted by Gasteiger charge is -2.29. The number of fused-ring (bicyclic) bond motifs is 1. The molecule has 2 saturated carbocycles. The van der Waals surface area contributed by atoms with E-state index in [1.165, 1.54) is 32.1 Å². The van der Waals surface area contributed by atoms with Gasteiger partial charge < -0.3 is 0 Å². The Kier molecular flexibility index (Phi) is 2.50. The molecule has 0 bridgehead atoms. The van der Waals surface area contributed by atoms with Gasteiger partial charge in [0, 0.05) is 0 Å². The Bertz CT molecular complexity index is 103. The van der Waals surface area contributed by atoms with E-state index in [0.717, 1.165) is 11.8 Å². The fourth-order valence-electron chi connectivity index (χ4n) is 3.03. The molecule has 1 unspecified atom stereocenters. The average Bonchev–Trinajstić information content (AvgIpc) is 2.28. The topological polar surface area (TPSA) is 0 Å². The first-order valence-electron chi connectivity index (χ1n) is 5.47. The van der Waals surface area contributed by atoms with Crippen molar-refractivity contribution >= 4 is 0 Å². The van der Waals surface area contributed by atoms with E-state index < -0.39 is 0 Å². The largest absolute Gasteiger partial charge is 0.0533 e. The summed E-state index contributed by atoms with van der Waals surface area (Å²) in [5.74, 6) is 2.29. The van der Waals surface area contributed by atoms with Crippen LogP contribution in [-0.4, -0.2) is 0 Å². The molecule has 0 heteroatoms. The molecule has 0 spiro atoms. The van der Waals surface area contributed by atoms with E-state index in [1.54, 1.807) is 25.7 Å². The lowest BCUT2D eigenvalue weighted by atomic mass is 9.77. The van der Waals surface area contributed by atoms with Crippen LogP contribution in [0.15, 0.2) is 0 Å². The third kappa shape index (κ3) is 1.77. The third-order valence-corrected chi connectivity index (χ3v) is 3.72. The fourth-order valence-corrected chi connectivity index (χ4v) is 3.03. The zero-order chi connectivity index (χ0) is 7.52. The molecule has 2 rings (SSSR count). The first kappa shape index (κ1) is 7.64. The first-order valence-corrected chi connectivity index (χ1v) is 5.47. The van der Waals surface area contributed by atoms with Crippen LogP contribution >= 0.6 is 0 Å². The molecule has 0 N–H and O–H groups in total. The molecule has 2 fully saturated rings. The van der Waals surface area contributed by atoms with Crippen molar-refractivity contribution in [2.45, 2.75) is 57.8 Å². The summed E-state index contributed by atoms with van der Waals surface area (Å²) in [6.07, 6.45) is 13.9. The van der Waals surface area contributed by atoms with E-state index in [-0.39, 0.29) is 0 Å². The highest BCUT2D eigenvalue weighted by Gasteiger charge is 2.25. The molecule has 0 heterocycles. The minimum absolute atomic E-state index is 1.14. The van der Waals surface area contributed by atoms with Gasteiger partial charge in [-0.15, -0.1) is 0 Å². The molecule has 64 valence electrons. The zero-order valence-corrected chi connectivity index (χ0v) is 7.52. The Balaban J connectivity index is 1.93. The standard InChI is InChI=1S/C11H20/c1-2-6-10-8-4-5-9-11(10)7-3-1/h10-11H,1-9H2/t10-,11?/m0/s1. The van der Waals surface area contributed by atoms with Crippen LogP contribution in [0.25, 0.3) is 0 Å². The van der Waals surface area contributed by atoms with Crippen molar-refractivity contribution < 1.29 is 0 Å². The van der Waals surface area contributed by atoms with Gasteiger partial charge in [0.1, 0.15) is 0 Å². The molecule has 2 atom stereocenters. The summed E-state index contributed by atoms with van der Waals surface area (Å²) >= 11 is 0. The summed E-state index contributed by atoms with van der Waals surface area (Å²) in [6.45, 7) is 0. The van der Waals surface area contributed by atoms with Gasteiger partial charge in [-0.05, 0) is 11.8 Å². The second-order valence-electron chi connectivity index (χ2n) is 4.44. The lowest BCUT2D eigenvalue weighted by Crippen LogP contribution is -2.17. The second-order valence-corrected chi connectivity index (χ2v) is 4.44. The van der Waals surface area contributed by atoms with E-state index in [2.05, 4.69) is 0 Å². The van der Waals surface area contributed by atoms with E-state index >= 15 is 0 Å². The van der Waals surface area contributed by atoms with Crippen molar-refractivity contribution in [3.63, 3.8) is 0 Å². The van der Waals surface area contributed by atoms with Gasteiger partial charge in [-0.1, -0.05) is 57.8 Å². The maximum absolute atomic E-state index is 1.56. The molecule has 0 aromatic rings. The molecule has 2 aliphatic rings. The number of rotatable bonds is 0. The average molecular weight is 152 g/mol. The normalized spacial score (nSPS) is 39.3. The van der Waals surface area contributed by atoms with Gasteiger partial charge in [0.2, 0.25) is 0 Å². The molecular formula is C11H20. The van der Waals surface area contributed by atoms with Gasteiger partial charge in [0.25, 0.3) is 0 Å². The molecule has 0 aromatic heterocycles. The SMILES string of the molecule is C1CCC2CCCC[C@@H]2CC1. The van der Waals surface area contributed by atoms with Gasteiger partial charge in [-0.3, -0.25) is 0 Å². The maximum Gasteiger partial charge on any atom is -0.0386 e. The molecular weight excluding hydrogens is 132 g/mol. The van der Waals surface area contributed by atoms with Crippen LogP contribution in [0.3, 0.4) is 0 Å². The van der Waals surface area contributed by atoms with Crippen molar-refractivity contribution in [1.29, 1.82) is 0 Å². The van der Waals surface area contributed by atoms with Crippen molar-refractivity contribution in [2.75, 3.05) is 0 Å². The van der Waals surface area contributed by atoms with Crippen LogP contribution in [0, 0.1) is 11.8 Å². The molecule has 11 heavy (non-hydrogen) atoms. The quantitative estimate of drug-likeness (QED) is 0.496. The summed E-state index contributed by atoms with van der Waals surface area (Å²) in [5.41, 5.74) is 0. The first-order chi connectivity index (χ1) is 5.47. The monoisotopic (exact) mass is 152 g/mol.